The van der Waals surface area contributed by atoms with Crippen LogP contribution < -0.4 is 15.4 Å². The van der Waals surface area contributed by atoms with Crippen LogP contribution in [0, 0.1) is 0 Å². The number of amides is 2. The van der Waals surface area contributed by atoms with E-state index in [1.807, 2.05) is 19.0 Å². The predicted octanol–water partition coefficient (Wildman–Crippen LogP) is 4.16. The van der Waals surface area contributed by atoms with Gasteiger partial charge in [0.1, 0.15) is 17.0 Å². The number of alkyl halides is 3. The van der Waals surface area contributed by atoms with Gasteiger partial charge in [0.05, 0.1) is 11.7 Å². The van der Waals surface area contributed by atoms with Gasteiger partial charge in [0.2, 0.25) is 11.8 Å². The van der Waals surface area contributed by atoms with Gasteiger partial charge in [-0.2, -0.15) is 13.2 Å². The van der Waals surface area contributed by atoms with Gasteiger partial charge in [-0.05, 0) is 82.2 Å². The molecule has 196 valence electrons. The zero-order chi connectivity index (χ0) is 26.5. The molecule has 0 aliphatic heterocycles. The van der Waals surface area contributed by atoms with Crippen LogP contribution in [0.5, 0.6) is 11.5 Å². The van der Waals surface area contributed by atoms with E-state index in [9.17, 15) is 27.9 Å². The molecule has 2 aromatic rings. The molecule has 3 rings (SSSR count). The number of ether oxygens (including phenoxy) is 1. The fourth-order valence-electron chi connectivity index (χ4n) is 3.69. The third-order valence-electron chi connectivity index (χ3n) is 5.97. The maximum atomic E-state index is 13.5. The minimum atomic E-state index is -4.65. The lowest BCUT2D eigenvalue weighted by Crippen LogP contribution is -2.48. The third kappa shape index (κ3) is 7.44. The van der Waals surface area contributed by atoms with Crippen molar-refractivity contribution in [2.75, 3.05) is 20.6 Å². The number of benzene rings is 2. The molecule has 0 spiro atoms. The van der Waals surface area contributed by atoms with Crippen LogP contribution in [0.4, 0.5) is 13.2 Å². The van der Waals surface area contributed by atoms with Crippen LogP contribution in [0.1, 0.15) is 55.4 Å². The molecule has 1 unspecified atom stereocenters. The van der Waals surface area contributed by atoms with Crippen molar-refractivity contribution in [3.05, 3.63) is 59.2 Å². The Bertz CT molecular complexity index is 1070. The summed E-state index contributed by atoms with van der Waals surface area (Å²) in [5.41, 5.74) is -0.969. The van der Waals surface area contributed by atoms with E-state index in [-0.39, 0.29) is 35.4 Å². The second kappa shape index (κ2) is 11.3. The summed E-state index contributed by atoms with van der Waals surface area (Å²) < 4.78 is 45.9. The first-order chi connectivity index (χ1) is 16.9. The second-order valence-corrected chi connectivity index (χ2v) is 9.40. The quantitative estimate of drug-likeness (QED) is 0.425. The summed E-state index contributed by atoms with van der Waals surface area (Å²) in [6.07, 6.45) is -3.46. The van der Waals surface area contributed by atoms with Gasteiger partial charge >= 0.3 is 6.18 Å². The number of nitrogens with zero attached hydrogens (tertiary/aromatic N) is 1. The molecule has 0 radical (unpaired) electrons. The lowest BCUT2D eigenvalue weighted by Gasteiger charge is -2.18. The smallest absolute Gasteiger partial charge is 0.419 e. The number of nitrogens with one attached hydrogen (secondary N) is 2. The normalized spacial score (nSPS) is 15.3. The van der Waals surface area contributed by atoms with Gasteiger partial charge in [0.25, 0.3) is 0 Å². The molecule has 1 atom stereocenters. The summed E-state index contributed by atoms with van der Waals surface area (Å²) in [6.45, 7) is 2.38. The highest BCUT2D eigenvalue weighted by Crippen LogP contribution is 2.39. The van der Waals surface area contributed by atoms with Crippen molar-refractivity contribution in [3.63, 3.8) is 0 Å². The Morgan fingerprint density at radius 3 is 2.36 bits per heavy atom. The minimum Gasteiger partial charge on any atom is -0.457 e. The number of aliphatic hydroxyl groups is 1. The highest BCUT2D eigenvalue weighted by atomic mass is 19.4. The molecule has 7 nitrogen and oxygen atoms in total. The van der Waals surface area contributed by atoms with Gasteiger partial charge < -0.3 is 25.4 Å². The van der Waals surface area contributed by atoms with Gasteiger partial charge in [-0.1, -0.05) is 18.2 Å². The van der Waals surface area contributed by atoms with Crippen molar-refractivity contribution in [2.24, 2.45) is 0 Å². The van der Waals surface area contributed by atoms with Crippen LogP contribution in [0.15, 0.2) is 42.5 Å². The van der Waals surface area contributed by atoms with Crippen molar-refractivity contribution in [2.45, 2.75) is 57.0 Å². The fourth-order valence-corrected chi connectivity index (χ4v) is 3.69. The van der Waals surface area contributed by atoms with Crippen LogP contribution in [0.2, 0.25) is 0 Å². The molecule has 36 heavy (non-hydrogen) atoms. The largest absolute Gasteiger partial charge is 0.457 e. The van der Waals surface area contributed by atoms with Crippen LogP contribution in [0.3, 0.4) is 0 Å². The van der Waals surface area contributed by atoms with E-state index in [0.717, 1.165) is 18.2 Å². The Morgan fingerprint density at radius 1 is 1.14 bits per heavy atom. The van der Waals surface area contributed by atoms with E-state index in [2.05, 4.69) is 10.6 Å². The molecule has 10 heteroatoms. The van der Waals surface area contributed by atoms with Gasteiger partial charge in [0.15, 0.2) is 0 Å². The van der Waals surface area contributed by atoms with E-state index >= 15 is 0 Å². The molecule has 0 saturated heterocycles. The average molecular weight is 508 g/mol. The first kappa shape index (κ1) is 27.5. The summed E-state index contributed by atoms with van der Waals surface area (Å²) >= 11 is 0. The molecule has 1 aliphatic carbocycles. The minimum absolute atomic E-state index is 0.138. The number of aliphatic hydroxyl groups excluding tert-OH is 1. The topological polar surface area (TPSA) is 90.9 Å². The third-order valence-corrected chi connectivity index (χ3v) is 5.97. The summed E-state index contributed by atoms with van der Waals surface area (Å²) in [4.78, 5) is 26.8. The molecule has 1 fully saturated rings. The molecule has 0 bridgehead atoms. The van der Waals surface area contributed by atoms with Crippen LogP contribution >= 0.6 is 0 Å². The molecule has 1 aliphatic rings. The Morgan fingerprint density at radius 2 is 1.81 bits per heavy atom. The standard InChI is InChI=1S/C26H32F3N3O4/c1-17(33)19-8-11-22(21(15-19)26(27,28)29)36-20-9-6-18(7-10-20)16-30-24(35)25(12-13-25)31-23(34)5-4-14-32(2)3/h6-11,15,17,33H,4-5,12-14,16H2,1-3H3,(H,30,35)(H,31,34). The number of hydrogen-bond acceptors (Lipinski definition) is 5. The Labute approximate surface area is 208 Å². The fraction of sp³-hybridized carbons (Fsp3) is 0.462. The van der Waals surface area contributed by atoms with Crippen molar-refractivity contribution < 1.29 is 32.6 Å². The van der Waals surface area contributed by atoms with Crippen molar-refractivity contribution in [1.29, 1.82) is 0 Å². The van der Waals surface area contributed by atoms with Crippen molar-refractivity contribution >= 4 is 11.8 Å². The van der Waals surface area contributed by atoms with Gasteiger partial charge in [-0.25, -0.2) is 0 Å². The summed E-state index contributed by atoms with van der Waals surface area (Å²) in [7, 11) is 3.86. The first-order valence-electron chi connectivity index (χ1n) is 11.8. The van der Waals surface area contributed by atoms with E-state index in [1.54, 1.807) is 12.1 Å². The van der Waals surface area contributed by atoms with Crippen molar-refractivity contribution in [3.8, 4) is 11.5 Å². The number of rotatable bonds is 11. The van der Waals surface area contributed by atoms with Crippen LogP contribution in [0.25, 0.3) is 0 Å². The molecule has 2 amide bonds. The maximum Gasteiger partial charge on any atom is 0.419 e. The Balaban J connectivity index is 1.56. The number of carbonyl (C=O) groups is 2. The summed E-state index contributed by atoms with van der Waals surface area (Å²) in [6, 6.07) is 9.77. The molecule has 0 heterocycles. The highest BCUT2D eigenvalue weighted by Gasteiger charge is 2.50. The predicted molar refractivity (Wildman–Crippen MR) is 128 cm³/mol. The van der Waals surface area contributed by atoms with Crippen LogP contribution in [-0.4, -0.2) is 48.0 Å². The highest BCUT2D eigenvalue weighted by molar-refractivity contribution is 5.94. The van der Waals surface area contributed by atoms with E-state index in [0.29, 0.717) is 25.7 Å². The number of hydrogen-bond donors (Lipinski definition) is 3. The Hall–Kier alpha value is -3.11. The molecule has 1 saturated carbocycles. The molecule has 3 N–H and O–H groups in total. The molecule has 0 aromatic heterocycles. The van der Waals surface area contributed by atoms with E-state index < -0.39 is 23.4 Å². The second-order valence-electron chi connectivity index (χ2n) is 9.40. The van der Waals surface area contributed by atoms with Gasteiger partial charge in [0, 0.05) is 13.0 Å². The van der Waals surface area contributed by atoms with E-state index in [1.165, 1.54) is 31.2 Å². The Kier molecular flexibility index (Phi) is 8.63. The van der Waals surface area contributed by atoms with Crippen molar-refractivity contribution in [1.82, 2.24) is 15.5 Å². The van der Waals surface area contributed by atoms with Gasteiger partial charge in [-0.15, -0.1) is 0 Å². The summed E-state index contributed by atoms with van der Waals surface area (Å²) in [5, 5.41) is 15.3. The zero-order valence-electron chi connectivity index (χ0n) is 20.6. The lowest BCUT2D eigenvalue weighted by molar-refractivity contribution is -0.138. The van der Waals surface area contributed by atoms with Crippen LogP contribution in [-0.2, 0) is 22.3 Å². The number of halogens is 3. The maximum absolute atomic E-state index is 13.5. The monoisotopic (exact) mass is 507 g/mol. The molecule has 2 aromatic carbocycles. The zero-order valence-corrected chi connectivity index (χ0v) is 20.6. The van der Waals surface area contributed by atoms with E-state index in [4.69, 9.17) is 4.74 Å². The molecular formula is C26H32F3N3O4. The summed E-state index contributed by atoms with van der Waals surface area (Å²) in [5.74, 6) is -0.573. The lowest BCUT2D eigenvalue weighted by atomic mass is 10.1. The molecular weight excluding hydrogens is 475 g/mol. The van der Waals surface area contributed by atoms with Gasteiger partial charge in [-0.3, -0.25) is 9.59 Å². The SMILES string of the molecule is CC(O)c1ccc(Oc2ccc(CNC(=O)C3(NC(=O)CCCN(C)C)CC3)cc2)c(C(F)(F)F)c1. The number of carbonyl (C=O) groups excluding carboxylic acids is 2. The first-order valence-corrected chi connectivity index (χ1v) is 11.8. The average Bonchev–Trinajstić information content (AvgIpc) is 3.58.